The molecule has 3 heteroatoms. The van der Waals surface area contributed by atoms with E-state index in [9.17, 15) is 5.11 Å². The first-order valence-electron chi connectivity index (χ1n) is 6.24. The lowest BCUT2D eigenvalue weighted by molar-refractivity contribution is 0.197. The highest BCUT2D eigenvalue weighted by Crippen LogP contribution is 2.25. The molecular formula is C12H26N2O. The Morgan fingerprint density at radius 1 is 1.40 bits per heavy atom. The summed E-state index contributed by atoms with van der Waals surface area (Å²) in [4.78, 5) is 0. The van der Waals surface area contributed by atoms with Crippen LogP contribution in [0.1, 0.15) is 39.5 Å². The van der Waals surface area contributed by atoms with Crippen LogP contribution >= 0.6 is 0 Å². The third kappa shape index (κ3) is 4.09. The van der Waals surface area contributed by atoms with E-state index in [1.54, 1.807) is 0 Å². The molecule has 15 heavy (non-hydrogen) atoms. The van der Waals surface area contributed by atoms with Crippen LogP contribution in [0.4, 0.5) is 0 Å². The number of aliphatic hydroxyl groups excluding tert-OH is 1. The van der Waals surface area contributed by atoms with Gasteiger partial charge >= 0.3 is 0 Å². The molecule has 0 bridgehead atoms. The topological polar surface area (TPSA) is 58.3 Å². The minimum atomic E-state index is 0.316. The average molecular weight is 214 g/mol. The fraction of sp³-hybridized carbons (Fsp3) is 1.00. The predicted octanol–water partition coefficient (Wildman–Crippen LogP) is 1.11. The molecule has 0 radical (unpaired) electrons. The molecule has 0 heterocycles. The van der Waals surface area contributed by atoms with E-state index in [4.69, 9.17) is 5.73 Å². The number of rotatable bonds is 6. The summed E-state index contributed by atoms with van der Waals surface area (Å²) in [5, 5.41) is 12.8. The molecule has 90 valence electrons. The molecule has 0 saturated heterocycles. The lowest BCUT2D eigenvalue weighted by Crippen LogP contribution is -2.45. The van der Waals surface area contributed by atoms with Gasteiger partial charge in [-0.1, -0.05) is 20.3 Å². The van der Waals surface area contributed by atoms with Crippen LogP contribution in [-0.2, 0) is 0 Å². The van der Waals surface area contributed by atoms with Crippen molar-refractivity contribution in [2.75, 3.05) is 13.2 Å². The van der Waals surface area contributed by atoms with Crippen molar-refractivity contribution in [3.8, 4) is 0 Å². The van der Waals surface area contributed by atoms with Crippen LogP contribution in [0.15, 0.2) is 0 Å². The molecule has 3 atom stereocenters. The number of nitrogens with two attached hydrogens (primary N) is 1. The van der Waals surface area contributed by atoms with Crippen LogP contribution in [0.3, 0.4) is 0 Å². The standard InChI is InChI=1S/C12H26N2O/c1-9(2)6-11(7-13)14-12-5-3-4-10(12)8-15/h9-12,14-15H,3-8,13H2,1-2H3. The van der Waals surface area contributed by atoms with Crippen molar-refractivity contribution in [1.29, 1.82) is 0 Å². The predicted molar refractivity (Wildman–Crippen MR) is 63.6 cm³/mol. The minimum Gasteiger partial charge on any atom is -0.396 e. The van der Waals surface area contributed by atoms with Crippen LogP contribution in [-0.4, -0.2) is 30.3 Å². The molecular weight excluding hydrogens is 188 g/mol. The van der Waals surface area contributed by atoms with E-state index in [1.165, 1.54) is 12.8 Å². The zero-order valence-electron chi connectivity index (χ0n) is 10.1. The van der Waals surface area contributed by atoms with E-state index in [1.807, 2.05) is 0 Å². The SMILES string of the molecule is CC(C)CC(CN)NC1CCCC1CO. The van der Waals surface area contributed by atoms with Gasteiger partial charge in [-0.15, -0.1) is 0 Å². The van der Waals surface area contributed by atoms with Gasteiger partial charge in [0.25, 0.3) is 0 Å². The first kappa shape index (κ1) is 12.9. The maximum atomic E-state index is 9.23. The lowest BCUT2D eigenvalue weighted by atomic mass is 9.99. The smallest absolute Gasteiger partial charge is 0.0474 e. The summed E-state index contributed by atoms with van der Waals surface area (Å²) in [6, 6.07) is 0.907. The van der Waals surface area contributed by atoms with Crippen LogP contribution in [0, 0.1) is 11.8 Å². The number of hydrogen-bond acceptors (Lipinski definition) is 3. The third-order valence-electron chi connectivity index (χ3n) is 3.38. The van der Waals surface area contributed by atoms with E-state index >= 15 is 0 Å². The molecule has 0 spiro atoms. The largest absolute Gasteiger partial charge is 0.396 e. The molecule has 3 unspecified atom stereocenters. The lowest BCUT2D eigenvalue weighted by Gasteiger charge is -2.26. The summed E-state index contributed by atoms with van der Waals surface area (Å²) in [5.41, 5.74) is 5.76. The zero-order chi connectivity index (χ0) is 11.3. The third-order valence-corrected chi connectivity index (χ3v) is 3.38. The quantitative estimate of drug-likeness (QED) is 0.621. The second-order valence-electron chi connectivity index (χ2n) is 5.21. The summed E-state index contributed by atoms with van der Waals surface area (Å²) >= 11 is 0. The fourth-order valence-electron chi connectivity index (χ4n) is 2.58. The number of nitrogens with one attached hydrogen (secondary N) is 1. The molecule has 3 nitrogen and oxygen atoms in total. The van der Waals surface area contributed by atoms with Gasteiger partial charge in [0.1, 0.15) is 0 Å². The van der Waals surface area contributed by atoms with Crippen molar-refractivity contribution in [3.05, 3.63) is 0 Å². The van der Waals surface area contributed by atoms with Crippen molar-refractivity contribution in [3.63, 3.8) is 0 Å². The van der Waals surface area contributed by atoms with Crippen molar-refractivity contribution in [2.24, 2.45) is 17.6 Å². The van der Waals surface area contributed by atoms with Gasteiger partial charge in [0, 0.05) is 25.2 Å². The monoisotopic (exact) mass is 214 g/mol. The van der Waals surface area contributed by atoms with Gasteiger partial charge in [0.05, 0.1) is 0 Å². The van der Waals surface area contributed by atoms with E-state index in [-0.39, 0.29) is 0 Å². The molecule has 1 saturated carbocycles. The average Bonchev–Trinajstić information content (AvgIpc) is 2.63. The van der Waals surface area contributed by atoms with Crippen LogP contribution in [0.5, 0.6) is 0 Å². The molecule has 0 aromatic heterocycles. The number of hydrogen-bond donors (Lipinski definition) is 3. The molecule has 1 fully saturated rings. The summed E-state index contributed by atoms with van der Waals surface area (Å²) in [5.74, 6) is 1.13. The molecule has 0 aromatic rings. The second kappa shape index (κ2) is 6.46. The normalized spacial score (nSPS) is 28.6. The Morgan fingerprint density at radius 2 is 2.13 bits per heavy atom. The summed E-state index contributed by atoms with van der Waals surface area (Å²) in [7, 11) is 0. The summed E-state index contributed by atoms with van der Waals surface area (Å²) < 4.78 is 0. The first-order valence-corrected chi connectivity index (χ1v) is 6.24. The highest BCUT2D eigenvalue weighted by molar-refractivity contribution is 4.86. The van der Waals surface area contributed by atoms with E-state index in [0.29, 0.717) is 37.1 Å². The maximum Gasteiger partial charge on any atom is 0.0474 e. The highest BCUT2D eigenvalue weighted by Gasteiger charge is 2.28. The van der Waals surface area contributed by atoms with Crippen LogP contribution in [0.25, 0.3) is 0 Å². The van der Waals surface area contributed by atoms with Gasteiger partial charge in [-0.05, 0) is 31.1 Å². The number of aliphatic hydroxyl groups is 1. The molecule has 1 aliphatic rings. The fourth-order valence-corrected chi connectivity index (χ4v) is 2.58. The van der Waals surface area contributed by atoms with Crippen LogP contribution in [0.2, 0.25) is 0 Å². The van der Waals surface area contributed by atoms with Crippen LogP contribution < -0.4 is 11.1 Å². The van der Waals surface area contributed by atoms with E-state index < -0.39 is 0 Å². The molecule has 1 aliphatic carbocycles. The van der Waals surface area contributed by atoms with Gasteiger partial charge in [-0.2, -0.15) is 0 Å². The molecule has 4 N–H and O–H groups in total. The van der Waals surface area contributed by atoms with Crippen molar-refractivity contribution in [1.82, 2.24) is 5.32 Å². The first-order chi connectivity index (χ1) is 7.17. The Labute approximate surface area is 93.4 Å². The summed E-state index contributed by atoms with van der Waals surface area (Å²) in [6.07, 6.45) is 4.72. The highest BCUT2D eigenvalue weighted by atomic mass is 16.3. The summed E-state index contributed by atoms with van der Waals surface area (Å²) in [6.45, 7) is 5.47. The van der Waals surface area contributed by atoms with E-state index in [0.717, 1.165) is 12.8 Å². The molecule has 1 rings (SSSR count). The second-order valence-corrected chi connectivity index (χ2v) is 5.21. The zero-order valence-corrected chi connectivity index (χ0v) is 10.1. The Hall–Kier alpha value is -0.120. The Kier molecular flexibility index (Phi) is 5.58. The van der Waals surface area contributed by atoms with Gasteiger partial charge in [0.2, 0.25) is 0 Å². The minimum absolute atomic E-state index is 0.316. The van der Waals surface area contributed by atoms with E-state index in [2.05, 4.69) is 19.2 Å². The maximum absolute atomic E-state index is 9.23. The van der Waals surface area contributed by atoms with Crippen molar-refractivity contribution in [2.45, 2.75) is 51.6 Å². The molecule has 0 amide bonds. The molecule has 0 aliphatic heterocycles. The van der Waals surface area contributed by atoms with Crippen molar-refractivity contribution >= 4 is 0 Å². The van der Waals surface area contributed by atoms with Gasteiger partial charge in [-0.3, -0.25) is 0 Å². The Morgan fingerprint density at radius 3 is 2.67 bits per heavy atom. The Bertz CT molecular complexity index is 173. The molecule has 0 aromatic carbocycles. The van der Waals surface area contributed by atoms with Gasteiger partial charge in [-0.25, -0.2) is 0 Å². The van der Waals surface area contributed by atoms with Gasteiger partial charge in [0.15, 0.2) is 0 Å². The Balaban J connectivity index is 2.36. The van der Waals surface area contributed by atoms with Gasteiger partial charge < -0.3 is 16.2 Å². The van der Waals surface area contributed by atoms with Crippen molar-refractivity contribution < 1.29 is 5.11 Å².